The van der Waals surface area contributed by atoms with Gasteiger partial charge in [0.25, 0.3) is 5.91 Å². The fourth-order valence-electron chi connectivity index (χ4n) is 3.53. The van der Waals surface area contributed by atoms with Gasteiger partial charge in [0.05, 0.1) is 16.0 Å². The lowest BCUT2D eigenvalue weighted by Gasteiger charge is -2.29. The molecule has 0 aliphatic carbocycles. The molecule has 3 amide bonds. The summed E-state index contributed by atoms with van der Waals surface area (Å²) in [4.78, 5) is 48.0. The number of imide groups is 1. The Morgan fingerprint density at radius 1 is 1.21 bits per heavy atom. The van der Waals surface area contributed by atoms with Gasteiger partial charge in [-0.05, 0) is 12.5 Å². The number of amides is 3. The van der Waals surface area contributed by atoms with Crippen LogP contribution in [0.15, 0.2) is 44.0 Å². The maximum absolute atomic E-state index is 13.1. The quantitative estimate of drug-likeness (QED) is 0.492. The van der Waals surface area contributed by atoms with Crippen molar-refractivity contribution in [1.29, 1.82) is 0 Å². The minimum absolute atomic E-state index is 0.198. The second kappa shape index (κ2) is 6.57. The molecular formula is C18H12N4O3S3. The van der Waals surface area contributed by atoms with Crippen LogP contribution in [0.5, 0.6) is 0 Å². The van der Waals surface area contributed by atoms with E-state index in [0.29, 0.717) is 11.4 Å². The van der Waals surface area contributed by atoms with Crippen molar-refractivity contribution in [3.8, 4) is 0 Å². The molecule has 1 unspecified atom stereocenters. The highest BCUT2D eigenvalue weighted by atomic mass is 32.2. The molecular weight excluding hydrogens is 416 g/mol. The Balaban J connectivity index is 1.60. The average Bonchev–Trinajstić information content (AvgIpc) is 3.20. The van der Waals surface area contributed by atoms with Crippen molar-refractivity contribution in [2.45, 2.75) is 32.3 Å². The van der Waals surface area contributed by atoms with Crippen LogP contribution in [0, 0.1) is 0 Å². The van der Waals surface area contributed by atoms with Gasteiger partial charge in [0.2, 0.25) is 11.8 Å². The van der Waals surface area contributed by atoms with Crippen molar-refractivity contribution in [2.75, 3.05) is 4.90 Å². The summed E-state index contributed by atoms with van der Waals surface area (Å²) in [6, 6.07) is 4.76. The van der Waals surface area contributed by atoms with Crippen molar-refractivity contribution in [3.63, 3.8) is 0 Å². The normalized spacial score (nSPS) is 18.8. The zero-order valence-electron chi connectivity index (χ0n) is 14.2. The Kier molecular flexibility index (Phi) is 4.14. The van der Waals surface area contributed by atoms with Crippen molar-refractivity contribution >= 4 is 70.0 Å². The molecule has 1 atom stereocenters. The summed E-state index contributed by atoms with van der Waals surface area (Å²) in [6.07, 6.45) is 3.87. The molecule has 3 aromatic rings. The fraction of sp³-hybridized carbons (Fsp3) is 0.167. The molecule has 1 fully saturated rings. The first-order valence-corrected chi connectivity index (χ1v) is 10.5. The van der Waals surface area contributed by atoms with E-state index >= 15 is 0 Å². The molecule has 2 aliphatic heterocycles. The minimum Gasteiger partial charge on any atom is -0.295 e. The van der Waals surface area contributed by atoms with E-state index in [-0.39, 0.29) is 24.7 Å². The number of hydrogen-bond acceptors (Lipinski definition) is 8. The summed E-state index contributed by atoms with van der Waals surface area (Å²) in [6.45, 7) is 0. The Labute approximate surface area is 173 Å². The fourth-order valence-corrected chi connectivity index (χ4v) is 5.81. The topological polar surface area (TPSA) is 92.3 Å². The van der Waals surface area contributed by atoms with Gasteiger partial charge < -0.3 is 0 Å². The first-order valence-electron chi connectivity index (χ1n) is 8.44. The molecule has 0 radical (unpaired) electrons. The van der Waals surface area contributed by atoms with Crippen LogP contribution in [0.2, 0.25) is 0 Å². The van der Waals surface area contributed by atoms with Crippen molar-refractivity contribution < 1.29 is 14.4 Å². The molecule has 5 rings (SSSR count). The van der Waals surface area contributed by atoms with Gasteiger partial charge in [-0.15, -0.1) is 24.0 Å². The molecule has 4 heterocycles. The predicted molar refractivity (Wildman–Crippen MR) is 108 cm³/mol. The van der Waals surface area contributed by atoms with Crippen LogP contribution in [-0.2, 0) is 9.59 Å². The van der Waals surface area contributed by atoms with E-state index in [9.17, 15) is 14.4 Å². The summed E-state index contributed by atoms with van der Waals surface area (Å²) in [7, 11) is 0. The lowest BCUT2D eigenvalue weighted by Crippen LogP contribution is -2.53. The summed E-state index contributed by atoms with van der Waals surface area (Å²) < 4.78 is 1.65. The van der Waals surface area contributed by atoms with Gasteiger partial charge in [-0.2, -0.15) is 0 Å². The van der Waals surface area contributed by atoms with Crippen LogP contribution in [0.4, 0.5) is 5.82 Å². The second-order valence-corrected chi connectivity index (χ2v) is 9.49. The van der Waals surface area contributed by atoms with Crippen molar-refractivity contribution in [1.82, 2.24) is 15.3 Å². The Morgan fingerprint density at radius 3 is 2.82 bits per heavy atom. The number of carbonyl (C=O) groups is 3. The third-order valence-electron chi connectivity index (χ3n) is 4.73. The lowest BCUT2D eigenvalue weighted by atomic mass is 10.0. The Morgan fingerprint density at radius 2 is 2.07 bits per heavy atom. The van der Waals surface area contributed by atoms with Crippen LogP contribution < -0.4 is 10.2 Å². The molecule has 0 spiro atoms. The van der Waals surface area contributed by atoms with Crippen LogP contribution >= 0.6 is 35.7 Å². The number of nitrogens with one attached hydrogen (secondary N) is 1. The molecule has 28 heavy (non-hydrogen) atoms. The smallest absolute Gasteiger partial charge is 0.260 e. The molecule has 0 saturated carbocycles. The zero-order valence-corrected chi connectivity index (χ0v) is 16.7. The van der Waals surface area contributed by atoms with Gasteiger partial charge >= 0.3 is 0 Å². The first-order chi connectivity index (χ1) is 13.5. The molecule has 10 heteroatoms. The first kappa shape index (κ1) is 17.7. The largest absolute Gasteiger partial charge is 0.295 e. The number of nitrogens with zero attached hydrogens (tertiary/aromatic N) is 3. The number of benzene rings is 1. The summed E-state index contributed by atoms with van der Waals surface area (Å²) in [5, 5.41) is 3.92. The standard InChI is InChI=1S/C18H12N4O3S3/c23-12-5-4-10(16(24)21-12)22-15-14-8(2-1-3-9(14)17(22)25)11(6-19-15)27-18-20-7-13(26)28-18/h1-3,6-7,10,26H,4-5H2,(H,21,23,24). The van der Waals surface area contributed by atoms with Crippen LogP contribution in [0.3, 0.4) is 0 Å². The Hall–Kier alpha value is -2.43. The molecule has 1 N–H and O–H groups in total. The number of pyridine rings is 1. The zero-order chi connectivity index (χ0) is 19.4. The van der Waals surface area contributed by atoms with Crippen molar-refractivity contribution in [2.24, 2.45) is 0 Å². The van der Waals surface area contributed by atoms with Crippen molar-refractivity contribution in [3.05, 3.63) is 36.2 Å². The molecule has 7 nitrogen and oxygen atoms in total. The molecule has 0 bridgehead atoms. The van der Waals surface area contributed by atoms with E-state index in [0.717, 1.165) is 24.2 Å². The summed E-state index contributed by atoms with van der Waals surface area (Å²) in [5.41, 5.74) is 0.515. The second-order valence-electron chi connectivity index (χ2n) is 6.38. The molecule has 1 aromatic carbocycles. The summed E-state index contributed by atoms with van der Waals surface area (Å²) >= 11 is 7.23. The molecule has 2 aliphatic rings. The van der Waals surface area contributed by atoms with Gasteiger partial charge in [0.1, 0.15) is 11.9 Å². The van der Waals surface area contributed by atoms with Gasteiger partial charge in [-0.3, -0.25) is 24.6 Å². The predicted octanol–water partition coefficient (Wildman–Crippen LogP) is 2.90. The number of aromatic nitrogens is 2. The average molecular weight is 429 g/mol. The van der Waals surface area contributed by atoms with E-state index in [1.54, 1.807) is 18.5 Å². The number of anilines is 1. The molecule has 1 saturated heterocycles. The minimum atomic E-state index is -0.738. The van der Waals surface area contributed by atoms with Gasteiger partial charge in [0.15, 0.2) is 4.34 Å². The van der Waals surface area contributed by atoms with E-state index in [1.165, 1.54) is 28.0 Å². The van der Waals surface area contributed by atoms with Crippen LogP contribution in [-0.4, -0.2) is 33.7 Å². The van der Waals surface area contributed by atoms with E-state index < -0.39 is 11.9 Å². The SMILES string of the molecule is O=C1CCC(N2C(=O)c3cccc4c(Sc5ncc(S)s5)cnc2c34)C(=O)N1. The monoisotopic (exact) mass is 428 g/mol. The third-order valence-corrected chi connectivity index (χ3v) is 7.04. The third kappa shape index (κ3) is 2.71. The summed E-state index contributed by atoms with van der Waals surface area (Å²) in [5.74, 6) is -0.586. The maximum Gasteiger partial charge on any atom is 0.260 e. The molecule has 2 aromatic heterocycles. The number of piperidine rings is 1. The maximum atomic E-state index is 13.1. The number of thiazole rings is 1. The van der Waals surface area contributed by atoms with E-state index in [2.05, 4.69) is 27.9 Å². The van der Waals surface area contributed by atoms with Gasteiger partial charge in [0, 0.05) is 28.3 Å². The number of rotatable bonds is 3. The van der Waals surface area contributed by atoms with Gasteiger partial charge in [-0.1, -0.05) is 23.9 Å². The van der Waals surface area contributed by atoms with Gasteiger partial charge in [-0.25, -0.2) is 9.97 Å². The Bertz CT molecular complexity index is 1180. The number of thiol groups is 1. The van der Waals surface area contributed by atoms with E-state index in [4.69, 9.17) is 0 Å². The highest BCUT2D eigenvalue weighted by Crippen LogP contribution is 2.43. The van der Waals surface area contributed by atoms with Crippen LogP contribution in [0.25, 0.3) is 10.8 Å². The van der Waals surface area contributed by atoms with Crippen LogP contribution in [0.1, 0.15) is 23.2 Å². The number of carbonyl (C=O) groups excluding carboxylic acids is 3. The van der Waals surface area contributed by atoms with E-state index in [1.807, 2.05) is 12.1 Å². The molecule has 140 valence electrons. The number of hydrogen-bond donors (Lipinski definition) is 2. The lowest BCUT2D eigenvalue weighted by molar-refractivity contribution is -0.134. The highest BCUT2D eigenvalue weighted by molar-refractivity contribution is 8.01. The highest BCUT2D eigenvalue weighted by Gasteiger charge is 2.41.